The summed E-state index contributed by atoms with van der Waals surface area (Å²) in [7, 11) is 0. The van der Waals surface area contributed by atoms with E-state index >= 15 is 0 Å². The molecule has 2 fully saturated rings. The van der Waals surface area contributed by atoms with Gasteiger partial charge in [0.2, 0.25) is 0 Å². The van der Waals surface area contributed by atoms with E-state index < -0.39 is 0 Å². The van der Waals surface area contributed by atoms with E-state index in [0.717, 1.165) is 50.0 Å². The van der Waals surface area contributed by atoms with Gasteiger partial charge >= 0.3 is 0 Å². The molecule has 1 aromatic heterocycles. The second kappa shape index (κ2) is 7.81. The van der Waals surface area contributed by atoms with Crippen molar-refractivity contribution in [2.75, 3.05) is 18.0 Å². The normalized spacial score (nSPS) is 17.2. The van der Waals surface area contributed by atoms with Gasteiger partial charge in [0.1, 0.15) is 6.33 Å². The standard InChI is InChI=1S/C24H26N4O3/c1-15-2-3-16(23(30)26-17-4-5-17)12-22(15)28-14-25-21-7-6-18(13-20(21)24(28)31)27-10-8-19(29)9-11-27/h2-3,6-7,12-14,17,19,29H,4-5,8-11H2,1H3,(H,26,30). The summed E-state index contributed by atoms with van der Waals surface area (Å²) in [5, 5.41) is 13.3. The molecule has 31 heavy (non-hydrogen) atoms. The average molecular weight is 418 g/mol. The zero-order valence-corrected chi connectivity index (χ0v) is 17.5. The number of fused-ring (bicyclic) bond motifs is 1. The monoisotopic (exact) mass is 418 g/mol. The van der Waals surface area contributed by atoms with Gasteiger partial charge in [0.25, 0.3) is 11.5 Å². The van der Waals surface area contributed by atoms with E-state index in [4.69, 9.17) is 0 Å². The van der Waals surface area contributed by atoms with Crippen LogP contribution in [0.3, 0.4) is 0 Å². The summed E-state index contributed by atoms with van der Waals surface area (Å²) in [4.78, 5) is 32.6. The molecule has 160 valence electrons. The van der Waals surface area contributed by atoms with Gasteiger partial charge in [-0.3, -0.25) is 14.2 Å². The molecule has 0 unspecified atom stereocenters. The van der Waals surface area contributed by atoms with Crippen LogP contribution in [0.4, 0.5) is 5.69 Å². The number of aryl methyl sites for hydroxylation is 1. The first-order valence-corrected chi connectivity index (χ1v) is 10.9. The Morgan fingerprint density at radius 1 is 1.10 bits per heavy atom. The van der Waals surface area contributed by atoms with Crippen molar-refractivity contribution >= 4 is 22.5 Å². The van der Waals surface area contributed by atoms with E-state index in [1.54, 1.807) is 12.1 Å². The van der Waals surface area contributed by atoms with Crippen LogP contribution >= 0.6 is 0 Å². The first kappa shape index (κ1) is 19.8. The van der Waals surface area contributed by atoms with Crippen LogP contribution < -0.4 is 15.8 Å². The van der Waals surface area contributed by atoms with Crippen LogP contribution in [0.15, 0.2) is 47.5 Å². The summed E-state index contributed by atoms with van der Waals surface area (Å²) < 4.78 is 1.52. The lowest BCUT2D eigenvalue weighted by atomic mass is 10.1. The fourth-order valence-electron chi connectivity index (χ4n) is 4.11. The minimum atomic E-state index is -0.247. The molecule has 1 saturated heterocycles. The summed E-state index contributed by atoms with van der Waals surface area (Å²) in [5.74, 6) is -0.111. The Labute approximate surface area is 180 Å². The Kier molecular flexibility index (Phi) is 4.98. The van der Waals surface area contributed by atoms with E-state index in [9.17, 15) is 14.7 Å². The number of nitrogens with one attached hydrogen (secondary N) is 1. The number of aliphatic hydroxyl groups excluding tert-OH is 1. The Bertz CT molecular complexity index is 1210. The molecular formula is C24H26N4O3. The minimum Gasteiger partial charge on any atom is -0.393 e. The second-order valence-corrected chi connectivity index (χ2v) is 8.59. The summed E-state index contributed by atoms with van der Waals surface area (Å²) in [5.41, 5.74) is 3.54. The molecule has 1 aliphatic carbocycles. The summed E-state index contributed by atoms with van der Waals surface area (Å²) in [6.45, 7) is 3.45. The molecule has 2 heterocycles. The van der Waals surface area contributed by atoms with Gasteiger partial charge in [-0.1, -0.05) is 6.07 Å². The van der Waals surface area contributed by atoms with Gasteiger partial charge in [-0.15, -0.1) is 0 Å². The molecule has 0 bridgehead atoms. The first-order valence-electron chi connectivity index (χ1n) is 10.9. The van der Waals surface area contributed by atoms with Crippen LogP contribution in [-0.4, -0.2) is 45.8 Å². The highest BCUT2D eigenvalue weighted by molar-refractivity contribution is 5.95. The molecule has 0 atom stereocenters. The number of hydrogen-bond donors (Lipinski definition) is 2. The van der Waals surface area contributed by atoms with Crippen molar-refractivity contribution in [2.45, 2.75) is 44.8 Å². The van der Waals surface area contributed by atoms with E-state index in [2.05, 4.69) is 15.2 Å². The van der Waals surface area contributed by atoms with Gasteiger partial charge in [0, 0.05) is 30.4 Å². The Hall–Kier alpha value is -3.19. The van der Waals surface area contributed by atoms with E-state index in [-0.39, 0.29) is 23.6 Å². The van der Waals surface area contributed by atoms with Gasteiger partial charge in [0.05, 0.1) is 22.7 Å². The molecule has 5 rings (SSSR count). The number of amides is 1. The number of carbonyl (C=O) groups is 1. The maximum atomic E-state index is 13.4. The lowest BCUT2D eigenvalue weighted by Gasteiger charge is -2.31. The maximum Gasteiger partial charge on any atom is 0.265 e. The first-order chi connectivity index (χ1) is 15.0. The van der Waals surface area contributed by atoms with Crippen molar-refractivity contribution in [1.29, 1.82) is 0 Å². The molecule has 1 saturated carbocycles. The van der Waals surface area contributed by atoms with Crippen LogP contribution in [0.2, 0.25) is 0 Å². The predicted molar refractivity (Wildman–Crippen MR) is 120 cm³/mol. The van der Waals surface area contributed by atoms with Crippen LogP contribution in [-0.2, 0) is 0 Å². The molecule has 7 nitrogen and oxygen atoms in total. The molecule has 3 aromatic rings. The number of hydrogen-bond acceptors (Lipinski definition) is 5. The third kappa shape index (κ3) is 3.93. The average Bonchev–Trinajstić information content (AvgIpc) is 3.59. The van der Waals surface area contributed by atoms with Crippen molar-refractivity contribution in [3.63, 3.8) is 0 Å². The molecule has 2 N–H and O–H groups in total. The largest absolute Gasteiger partial charge is 0.393 e. The van der Waals surface area contributed by atoms with Crippen molar-refractivity contribution in [1.82, 2.24) is 14.9 Å². The lowest BCUT2D eigenvalue weighted by Crippen LogP contribution is -2.35. The van der Waals surface area contributed by atoms with Crippen LogP contribution in [0.1, 0.15) is 41.6 Å². The van der Waals surface area contributed by atoms with Crippen LogP contribution in [0.25, 0.3) is 16.6 Å². The maximum absolute atomic E-state index is 13.4. The number of benzene rings is 2. The van der Waals surface area contributed by atoms with Gasteiger partial charge in [-0.25, -0.2) is 4.98 Å². The second-order valence-electron chi connectivity index (χ2n) is 8.59. The van der Waals surface area contributed by atoms with Crippen LogP contribution in [0.5, 0.6) is 0 Å². The lowest BCUT2D eigenvalue weighted by molar-refractivity contribution is 0.0951. The highest BCUT2D eigenvalue weighted by Crippen LogP contribution is 2.24. The molecule has 1 amide bonds. The fourth-order valence-corrected chi connectivity index (χ4v) is 4.11. The summed E-state index contributed by atoms with van der Waals surface area (Å²) >= 11 is 0. The highest BCUT2D eigenvalue weighted by Gasteiger charge is 2.24. The van der Waals surface area contributed by atoms with Gasteiger partial charge in [-0.2, -0.15) is 0 Å². The van der Waals surface area contributed by atoms with E-state index in [1.165, 1.54) is 10.9 Å². The van der Waals surface area contributed by atoms with Crippen molar-refractivity contribution in [3.8, 4) is 5.69 Å². The molecule has 2 aliphatic rings. The van der Waals surface area contributed by atoms with Crippen molar-refractivity contribution in [3.05, 3.63) is 64.2 Å². The Morgan fingerprint density at radius 3 is 2.61 bits per heavy atom. The number of carbonyl (C=O) groups excluding carboxylic acids is 1. The molecular weight excluding hydrogens is 392 g/mol. The number of piperidine rings is 1. The molecule has 1 aliphatic heterocycles. The third-order valence-corrected chi connectivity index (χ3v) is 6.21. The predicted octanol–water partition coefficient (Wildman–Crippen LogP) is 2.55. The number of aromatic nitrogens is 2. The zero-order valence-electron chi connectivity index (χ0n) is 17.5. The fraction of sp³-hybridized carbons (Fsp3) is 0.375. The van der Waals surface area contributed by atoms with Gasteiger partial charge in [0.15, 0.2) is 0 Å². The number of aliphatic hydroxyl groups is 1. The van der Waals surface area contributed by atoms with Gasteiger partial charge in [-0.05, 0) is 68.5 Å². The molecule has 2 aromatic carbocycles. The minimum absolute atomic E-state index is 0.111. The highest BCUT2D eigenvalue weighted by atomic mass is 16.3. The summed E-state index contributed by atoms with van der Waals surface area (Å²) in [6, 6.07) is 11.4. The number of nitrogens with zero attached hydrogens (tertiary/aromatic N) is 3. The van der Waals surface area contributed by atoms with E-state index in [1.807, 2.05) is 31.2 Å². The topological polar surface area (TPSA) is 87.5 Å². The quantitative estimate of drug-likeness (QED) is 0.680. The van der Waals surface area contributed by atoms with Gasteiger partial charge < -0.3 is 15.3 Å². The van der Waals surface area contributed by atoms with E-state index in [0.29, 0.717) is 22.2 Å². The molecule has 7 heteroatoms. The number of rotatable bonds is 4. The molecule has 0 radical (unpaired) electrons. The Balaban J connectivity index is 1.53. The Morgan fingerprint density at radius 2 is 1.87 bits per heavy atom. The smallest absolute Gasteiger partial charge is 0.265 e. The third-order valence-electron chi connectivity index (χ3n) is 6.21. The van der Waals surface area contributed by atoms with Crippen LogP contribution in [0, 0.1) is 6.92 Å². The SMILES string of the molecule is Cc1ccc(C(=O)NC2CC2)cc1-n1cnc2ccc(N3CCC(O)CC3)cc2c1=O. The molecule has 0 spiro atoms. The number of anilines is 1. The zero-order chi connectivity index (χ0) is 21.5. The summed E-state index contributed by atoms with van der Waals surface area (Å²) in [6.07, 6.45) is 4.79. The van der Waals surface area contributed by atoms with Crippen molar-refractivity contribution in [2.24, 2.45) is 0 Å². The van der Waals surface area contributed by atoms with Crippen molar-refractivity contribution < 1.29 is 9.90 Å².